The minimum Gasteiger partial charge on any atom is -0.506 e. The van der Waals surface area contributed by atoms with Crippen molar-refractivity contribution in [1.82, 2.24) is 5.32 Å². The summed E-state index contributed by atoms with van der Waals surface area (Å²) in [6.07, 6.45) is 2.00. The molecule has 0 amide bonds. The van der Waals surface area contributed by atoms with Gasteiger partial charge in [0.25, 0.3) is 0 Å². The average Bonchev–Trinajstić information content (AvgIpc) is 2.24. The van der Waals surface area contributed by atoms with E-state index in [4.69, 9.17) is 11.6 Å². The molecule has 4 heteroatoms. The van der Waals surface area contributed by atoms with E-state index in [-0.39, 0.29) is 16.7 Å². The molecular weight excluding hydrogens is 217 g/mol. The number of rotatable bonds is 1. The van der Waals surface area contributed by atoms with E-state index in [0.717, 1.165) is 32.0 Å². The van der Waals surface area contributed by atoms with Crippen molar-refractivity contribution in [3.05, 3.63) is 28.5 Å². The third kappa shape index (κ3) is 2.24. The van der Waals surface area contributed by atoms with Gasteiger partial charge in [-0.2, -0.15) is 0 Å². The minimum atomic E-state index is -0.390. The Kier molecular flexibility index (Phi) is 3.12. The Morgan fingerprint density at radius 1 is 1.47 bits per heavy atom. The fourth-order valence-corrected chi connectivity index (χ4v) is 2.23. The Morgan fingerprint density at radius 3 is 2.93 bits per heavy atom. The zero-order valence-corrected chi connectivity index (χ0v) is 9.02. The summed E-state index contributed by atoms with van der Waals surface area (Å²) in [4.78, 5) is 0. The quantitative estimate of drug-likeness (QED) is 0.776. The summed E-state index contributed by atoms with van der Waals surface area (Å²) in [5.74, 6) is -0.211. The molecule has 2 nitrogen and oxygen atoms in total. The Labute approximate surface area is 93.1 Å². The van der Waals surface area contributed by atoms with Gasteiger partial charge in [-0.25, -0.2) is 4.39 Å². The van der Waals surface area contributed by atoms with Crippen molar-refractivity contribution in [2.75, 3.05) is 13.1 Å². The molecule has 1 aromatic carbocycles. The molecule has 82 valence electrons. The van der Waals surface area contributed by atoms with Crippen molar-refractivity contribution in [1.29, 1.82) is 0 Å². The highest BCUT2D eigenvalue weighted by Gasteiger charge is 2.20. The Bertz CT molecular complexity index is 364. The predicted molar refractivity (Wildman–Crippen MR) is 57.9 cm³/mol. The standard InChI is InChI=1S/C11H13ClFNO/c12-10-5-8(13)4-9(11(10)15)7-2-1-3-14-6-7/h4-5,7,14-15H,1-3,6H2. The van der Waals surface area contributed by atoms with Gasteiger partial charge in [0.15, 0.2) is 0 Å². The van der Waals surface area contributed by atoms with Gasteiger partial charge >= 0.3 is 0 Å². The van der Waals surface area contributed by atoms with Crippen LogP contribution in [0.1, 0.15) is 24.3 Å². The molecule has 1 saturated heterocycles. The highest BCUT2D eigenvalue weighted by Crippen LogP contribution is 2.36. The number of halogens is 2. The predicted octanol–water partition coefficient (Wildman–Crippen LogP) is 2.65. The van der Waals surface area contributed by atoms with Crippen LogP contribution in [-0.4, -0.2) is 18.2 Å². The molecule has 1 aromatic rings. The first-order valence-corrected chi connectivity index (χ1v) is 5.45. The first kappa shape index (κ1) is 10.7. The number of benzene rings is 1. The average molecular weight is 230 g/mol. The highest BCUT2D eigenvalue weighted by molar-refractivity contribution is 6.32. The number of piperidine rings is 1. The van der Waals surface area contributed by atoms with Crippen LogP contribution in [0.2, 0.25) is 5.02 Å². The van der Waals surface area contributed by atoms with Gasteiger partial charge in [-0.05, 0) is 31.5 Å². The topological polar surface area (TPSA) is 32.3 Å². The molecule has 1 heterocycles. The third-order valence-corrected chi connectivity index (χ3v) is 3.08. The maximum absolute atomic E-state index is 13.1. The normalized spacial score (nSPS) is 21.6. The molecule has 1 unspecified atom stereocenters. The molecule has 15 heavy (non-hydrogen) atoms. The van der Waals surface area contributed by atoms with Crippen LogP contribution in [-0.2, 0) is 0 Å². The van der Waals surface area contributed by atoms with E-state index in [9.17, 15) is 9.50 Å². The largest absolute Gasteiger partial charge is 0.506 e. The molecule has 1 aliphatic rings. The second-order valence-corrected chi connectivity index (χ2v) is 4.28. The van der Waals surface area contributed by atoms with Crippen molar-refractivity contribution in [3.63, 3.8) is 0 Å². The number of hydrogen-bond acceptors (Lipinski definition) is 2. The highest BCUT2D eigenvalue weighted by atomic mass is 35.5. The van der Waals surface area contributed by atoms with Crippen LogP contribution in [0.15, 0.2) is 12.1 Å². The van der Waals surface area contributed by atoms with Crippen LogP contribution in [0, 0.1) is 5.82 Å². The van der Waals surface area contributed by atoms with Crippen LogP contribution in [0.5, 0.6) is 5.75 Å². The monoisotopic (exact) mass is 229 g/mol. The van der Waals surface area contributed by atoms with Gasteiger partial charge in [-0.15, -0.1) is 0 Å². The second kappa shape index (κ2) is 4.37. The van der Waals surface area contributed by atoms with Gasteiger partial charge in [0.2, 0.25) is 0 Å². The van der Waals surface area contributed by atoms with Gasteiger partial charge in [-0.3, -0.25) is 0 Å². The van der Waals surface area contributed by atoms with Crippen LogP contribution in [0.3, 0.4) is 0 Å². The van der Waals surface area contributed by atoms with Crippen LogP contribution < -0.4 is 5.32 Å². The summed E-state index contributed by atoms with van der Waals surface area (Å²) in [7, 11) is 0. The number of aromatic hydroxyl groups is 1. The molecule has 1 aliphatic heterocycles. The van der Waals surface area contributed by atoms with Crippen LogP contribution in [0.4, 0.5) is 4.39 Å². The molecule has 0 aromatic heterocycles. The lowest BCUT2D eigenvalue weighted by atomic mass is 9.91. The van der Waals surface area contributed by atoms with Gasteiger partial charge in [0, 0.05) is 18.0 Å². The summed E-state index contributed by atoms with van der Waals surface area (Å²) < 4.78 is 13.1. The van der Waals surface area contributed by atoms with E-state index >= 15 is 0 Å². The van der Waals surface area contributed by atoms with Crippen molar-refractivity contribution in [3.8, 4) is 5.75 Å². The van der Waals surface area contributed by atoms with Crippen molar-refractivity contribution in [2.45, 2.75) is 18.8 Å². The fourth-order valence-electron chi connectivity index (χ4n) is 2.01. The summed E-state index contributed by atoms with van der Waals surface area (Å²) in [5, 5.41) is 13.1. The molecule has 0 radical (unpaired) electrons. The Hall–Kier alpha value is -0.800. The van der Waals surface area contributed by atoms with Gasteiger partial charge < -0.3 is 10.4 Å². The fraction of sp³-hybridized carbons (Fsp3) is 0.455. The van der Waals surface area contributed by atoms with E-state index in [1.54, 1.807) is 0 Å². The lowest BCUT2D eigenvalue weighted by Gasteiger charge is -2.24. The summed E-state index contributed by atoms with van der Waals surface area (Å²) >= 11 is 5.73. The van der Waals surface area contributed by atoms with E-state index in [1.165, 1.54) is 6.07 Å². The molecule has 1 atom stereocenters. The lowest BCUT2D eigenvalue weighted by molar-refractivity contribution is 0.423. The molecule has 0 aliphatic carbocycles. The Morgan fingerprint density at radius 2 is 2.27 bits per heavy atom. The van der Waals surface area contributed by atoms with Crippen LogP contribution in [0.25, 0.3) is 0 Å². The molecule has 0 saturated carbocycles. The van der Waals surface area contributed by atoms with Gasteiger partial charge in [0.05, 0.1) is 5.02 Å². The first-order chi connectivity index (χ1) is 7.18. The van der Waals surface area contributed by atoms with Crippen molar-refractivity contribution < 1.29 is 9.50 Å². The maximum atomic E-state index is 13.1. The number of phenolic OH excluding ortho intramolecular Hbond substituents is 1. The van der Waals surface area contributed by atoms with Crippen molar-refractivity contribution in [2.24, 2.45) is 0 Å². The zero-order chi connectivity index (χ0) is 10.8. The Balaban J connectivity index is 2.33. The third-order valence-electron chi connectivity index (χ3n) is 2.79. The molecule has 0 spiro atoms. The smallest absolute Gasteiger partial charge is 0.137 e. The number of nitrogens with one attached hydrogen (secondary N) is 1. The lowest BCUT2D eigenvalue weighted by Crippen LogP contribution is -2.28. The molecule has 1 fully saturated rings. The van der Waals surface area contributed by atoms with E-state index < -0.39 is 5.82 Å². The molecule has 0 bridgehead atoms. The summed E-state index contributed by atoms with van der Waals surface area (Å²) in [6, 6.07) is 2.51. The zero-order valence-electron chi connectivity index (χ0n) is 8.26. The van der Waals surface area contributed by atoms with Crippen molar-refractivity contribution >= 4 is 11.6 Å². The maximum Gasteiger partial charge on any atom is 0.137 e. The van der Waals surface area contributed by atoms with Gasteiger partial charge in [0.1, 0.15) is 11.6 Å². The minimum absolute atomic E-state index is 0.0202. The number of phenols is 1. The summed E-state index contributed by atoms with van der Waals surface area (Å²) in [5.41, 5.74) is 0.618. The molecule has 2 rings (SSSR count). The molecular formula is C11H13ClFNO. The number of hydrogen-bond donors (Lipinski definition) is 2. The van der Waals surface area contributed by atoms with Crippen LogP contribution >= 0.6 is 11.6 Å². The SMILES string of the molecule is Oc1c(Cl)cc(F)cc1C1CCCNC1. The summed E-state index contributed by atoms with van der Waals surface area (Å²) in [6.45, 7) is 1.76. The van der Waals surface area contributed by atoms with E-state index in [1.807, 2.05) is 0 Å². The van der Waals surface area contributed by atoms with Gasteiger partial charge in [-0.1, -0.05) is 11.6 Å². The first-order valence-electron chi connectivity index (χ1n) is 5.07. The second-order valence-electron chi connectivity index (χ2n) is 3.87. The van der Waals surface area contributed by atoms with E-state index in [2.05, 4.69) is 5.32 Å². The van der Waals surface area contributed by atoms with E-state index in [0.29, 0.717) is 5.56 Å². The molecule has 2 N–H and O–H groups in total.